The molecule has 2 amide bonds. The molecular weight excluding hydrogens is 537 g/mol. The second kappa shape index (κ2) is 12.6. The highest BCUT2D eigenvalue weighted by molar-refractivity contribution is 6.24. The van der Waals surface area contributed by atoms with Crippen LogP contribution in [0.25, 0.3) is 0 Å². The molecule has 0 aromatic heterocycles. The van der Waals surface area contributed by atoms with E-state index in [9.17, 15) is 18.8 Å². The van der Waals surface area contributed by atoms with E-state index >= 15 is 0 Å². The Morgan fingerprint density at radius 2 is 1.71 bits per heavy atom. The quantitative estimate of drug-likeness (QED) is 0.328. The number of esters is 1. The van der Waals surface area contributed by atoms with E-state index in [4.69, 9.17) is 9.73 Å². The minimum Gasteiger partial charge on any atom is -0.469 e. The van der Waals surface area contributed by atoms with Gasteiger partial charge in [0.1, 0.15) is 11.7 Å². The van der Waals surface area contributed by atoms with Crippen molar-refractivity contribution in [3.63, 3.8) is 0 Å². The summed E-state index contributed by atoms with van der Waals surface area (Å²) >= 11 is 0. The molecule has 2 aliphatic heterocycles. The predicted molar refractivity (Wildman–Crippen MR) is 160 cm³/mol. The van der Waals surface area contributed by atoms with E-state index in [2.05, 4.69) is 22.2 Å². The number of rotatable bonds is 8. The van der Waals surface area contributed by atoms with Crippen molar-refractivity contribution in [2.45, 2.75) is 12.3 Å². The van der Waals surface area contributed by atoms with Gasteiger partial charge < -0.3 is 19.9 Å². The second-order valence-electron chi connectivity index (χ2n) is 10.6. The number of nitrogens with zero attached hydrogens (tertiary/aromatic N) is 4. The molecule has 0 aliphatic carbocycles. The molecule has 5 rings (SSSR count). The van der Waals surface area contributed by atoms with Crippen molar-refractivity contribution < 1.29 is 23.5 Å². The van der Waals surface area contributed by atoms with Gasteiger partial charge in [-0.15, -0.1) is 0 Å². The first-order chi connectivity index (χ1) is 20.2. The summed E-state index contributed by atoms with van der Waals surface area (Å²) in [6, 6.07) is 18.7. The largest absolute Gasteiger partial charge is 0.469 e. The van der Waals surface area contributed by atoms with E-state index in [1.807, 2.05) is 24.3 Å². The highest BCUT2D eigenvalue weighted by Gasteiger charge is 2.35. The Hall–Kier alpha value is -4.41. The number of carbonyl (C=O) groups is 3. The van der Waals surface area contributed by atoms with E-state index in [1.54, 1.807) is 42.3 Å². The summed E-state index contributed by atoms with van der Waals surface area (Å²) in [5.74, 6) is -1.86. The van der Waals surface area contributed by atoms with Crippen molar-refractivity contribution in [1.82, 2.24) is 9.80 Å². The Labute approximate surface area is 244 Å². The Bertz CT molecular complexity index is 1500. The molecule has 0 radical (unpaired) electrons. The first-order valence-electron chi connectivity index (χ1n) is 13.8. The zero-order valence-corrected chi connectivity index (χ0v) is 24.0. The smallest absolute Gasteiger partial charge is 0.309 e. The van der Waals surface area contributed by atoms with Gasteiger partial charge in [-0.3, -0.25) is 24.3 Å². The average molecular weight is 572 g/mol. The number of piperazine rings is 1. The van der Waals surface area contributed by atoms with E-state index in [-0.39, 0.29) is 24.2 Å². The maximum Gasteiger partial charge on any atom is 0.309 e. The summed E-state index contributed by atoms with van der Waals surface area (Å²) in [6.45, 7) is 3.97. The van der Waals surface area contributed by atoms with Crippen molar-refractivity contribution >= 4 is 40.6 Å². The molecule has 1 N–H and O–H groups in total. The van der Waals surface area contributed by atoms with Gasteiger partial charge >= 0.3 is 5.97 Å². The van der Waals surface area contributed by atoms with Crippen LogP contribution in [0.1, 0.15) is 22.6 Å². The molecule has 9 nitrogen and oxygen atoms in total. The van der Waals surface area contributed by atoms with E-state index in [0.717, 1.165) is 37.4 Å². The predicted octanol–water partition coefficient (Wildman–Crippen LogP) is 3.61. The monoisotopic (exact) mass is 571 g/mol. The summed E-state index contributed by atoms with van der Waals surface area (Å²) in [4.78, 5) is 48.8. The minimum absolute atomic E-state index is 0.00926. The average Bonchev–Trinajstić information content (AvgIpc) is 3.31. The lowest BCUT2D eigenvalue weighted by atomic mass is 9.90. The van der Waals surface area contributed by atoms with E-state index < -0.39 is 11.7 Å². The molecule has 10 heteroatoms. The number of amides is 2. The van der Waals surface area contributed by atoms with Gasteiger partial charge in [0.05, 0.1) is 31.5 Å². The van der Waals surface area contributed by atoms with Gasteiger partial charge in [0, 0.05) is 44.6 Å². The Morgan fingerprint density at radius 3 is 2.38 bits per heavy atom. The van der Waals surface area contributed by atoms with Gasteiger partial charge in [-0.1, -0.05) is 30.3 Å². The van der Waals surface area contributed by atoms with Crippen molar-refractivity contribution in [3.05, 3.63) is 89.2 Å². The van der Waals surface area contributed by atoms with Gasteiger partial charge in [0.25, 0.3) is 0 Å². The number of halogens is 1. The zero-order valence-electron chi connectivity index (χ0n) is 24.0. The van der Waals surface area contributed by atoms with Crippen LogP contribution < -0.4 is 10.2 Å². The molecule has 1 saturated heterocycles. The zero-order chi connectivity index (χ0) is 29.8. The van der Waals surface area contributed by atoms with Gasteiger partial charge in [0.15, 0.2) is 0 Å². The summed E-state index contributed by atoms with van der Waals surface area (Å²) in [5.41, 5.74) is 4.30. The van der Waals surface area contributed by atoms with Crippen LogP contribution in [-0.2, 0) is 25.5 Å². The first kappa shape index (κ1) is 29.1. The maximum atomic E-state index is 13.9. The minimum atomic E-state index is -0.764. The number of benzene rings is 3. The fraction of sp³-hybridized carbons (Fsp3) is 0.312. The normalized spacial score (nSPS) is 17.5. The summed E-state index contributed by atoms with van der Waals surface area (Å²) in [7, 11) is 5.18. The van der Waals surface area contributed by atoms with Crippen molar-refractivity contribution in [3.8, 4) is 0 Å². The molecule has 2 heterocycles. The number of hydrogen-bond acceptors (Lipinski definition) is 7. The lowest BCUT2D eigenvalue weighted by Gasteiger charge is -2.32. The molecule has 1 unspecified atom stereocenters. The maximum absolute atomic E-state index is 13.9. The van der Waals surface area contributed by atoms with Crippen molar-refractivity contribution in [2.24, 2.45) is 4.99 Å². The third kappa shape index (κ3) is 6.56. The van der Waals surface area contributed by atoms with Gasteiger partial charge in [-0.05, 0) is 60.1 Å². The molecule has 42 heavy (non-hydrogen) atoms. The van der Waals surface area contributed by atoms with Crippen LogP contribution >= 0.6 is 0 Å². The number of nitrogens with one attached hydrogen (secondary N) is 1. The van der Waals surface area contributed by atoms with Gasteiger partial charge in [-0.2, -0.15) is 0 Å². The standard InChI is InChI=1S/C32H34FN5O4/c1-36-14-16-38(17-15-36)20-28(39)37(2)25-11-9-24(10-12-25)34-31(22-6-4-21(5-7-22)18-29(40)42-3)30-26-13-8-23(33)19-27(26)35-32(30)41/h4-13,19,30H,14-18,20H2,1-3H3,(H,35,41). The lowest BCUT2D eigenvalue weighted by molar-refractivity contribution is -0.139. The van der Waals surface area contributed by atoms with Crippen LogP contribution in [0, 0.1) is 5.82 Å². The number of fused-ring (bicyclic) bond motifs is 1. The second-order valence-corrected chi connectivity index (χ2v) is 10.6. The molecule has 0 spiro atoms. The van der Waals surface area contributed by atoms with Crippen LogP contribution in [-0.4, -0.2) is 87.2 Å². The molecule has 3 aromatic carbocycles. The molecule has 0 saturated carbocycles. The fourth-order valence-electron chi connectivity index (χ4n) is 5.17. The summed E-state index contributed by atoms with van der Waals surface area (Å²) in [6.07, 6.45) is 0.123. The van der Waals surface area contributed by atoms with Crippen LogP contribution in [0.3, 0.4) is 0 Å². The van der Waals surface area contributed by atoms with Crippen molar-refractivity contribution in [1.29, 1.82) is 0 Å². The summed E-state index contributed by atoms with van der Waals surface area (Å²) in [5, 5.41) is 2.77. The Morgan fingerprint density at radius 1 is 1.02 bits per heavy atom. The molecule has 2 aliphatic rings. The van der Waals surface area contributed by atoms with Crippen molar-refractivity contribution in [2.75, 3.05) is 64.1 Å². The molecule has 0 bridgehead atoms. The van der Waals surface area contributed by atoms with Gasteiger partial charge in [-0.25, -0.2) is 4.39 Å². The third-order valence-electron chi connectivity index (χ3n) is 7.76. The third-order valence-corrected chi connectivity index (χ3v) is 7.76. The SMILES string of the molecule is COC(=O)Cc1ccc(C(=Nc2ccc(N(C)C(=O)CN3CCN(C)CC3)cc2)C2C(=O)Nc3cc(F)ccc32)cc1. The number of methoxy groups -OCH3 is 1. The van der Waals surface area contributed by atoms with Crippen LogP contribution in [0.2, 0.25) is 0 Å². The number of hydrogen-bond donors (Lipinski definition) is 1. The molecule has 218 valence electrons. The molecule has 1 atom stereocenters. The van der Waals surface area contributed by atoms with Crippen LogP contribution in [0.4, 0.5) is 21.5 Å². The van der Waals surface area contributed by atoms with Gasteiger partial charge in [0.2, 0.25) is 11.8 Å². The summed E-state index contributed by atoms with van der Waals surface area (Å²) < 4.78 is 18.7. The number of ether oxygens (including phenoxy) is 1. The number of aliphatic imine (C=N–C) groups is 1. The van der Waals surface area contributed by atoms with E-state index in [1.165, 1.54) is 19.2 Å². The Balaban J connectivity index is 1.42. The number of anilines is 2. The van der Waals surface area contributed by atoms with Crippen LogP contribution in [0.15, 0.2) is 71.7 Å². The molecular formula is C32H34FN5O4. The number of likely N-dealkylation sites (N-methyl/N-ethyl adjacent to an activating group) is 2. The van der Waals surface area contributed by atoms with E-state index in [0.29, 0.717) is 34.8 Å². The highest BCUT2D eigenvalue weighted by atomic mass is 19.1. The first-order valence-corrected chi connectivity index (χ1v) is 13.8. The number of carbonyl (C=O) groups excluding carboxylic acids is 3. The lowest BCUT2D eigenvalue weighted by Crippen LogP contribution is -2.48. The molecule has 1 fully saturated rings. The fourth-order valence-corrected chi connectivity index (χ4v) is 5.17. The molecule has 3 aromatic rings. The highest BCUT2D eigenvalue weighted by Crippen LogP contribution is 2.37. The topological polar surface area (TPSA) is 94.6 Å². The Kier molecular flexibility index (Phi) is 8.75. The van der Waals surface area contributed by atoms with Crippen LogP contribution in [0.5, 0.6) is 0 Å².